The van der Waals surface area contributed by atoms with Crippen LogP contribution < -0.4 is 10.5 Å². The van der Waals surface area contributed by atoms with Gasteiger partial charge in [0.2, 0.25) is 0 Å². The monoisotopic (exact) mass is 375 g/mol. The Morgan fingerprint density at radius 3 is 2.57 bits per heavy atom. The van der Waals surface area contributed by atoms with E-state index in [2.05, 4.69) is 15.9 Å². The van der Waals surface area contributed by atoms with Gasteiger partial charge in [0.15, 0.2) is 0 Å². The highest BCUT2D eigenvalue weighted by molar-refractivity contribution is 9.10. The van der Waals surface area contributed by atoms with Gasteiger partial charge in [-0.05, 0) is 52.7 Å². The van der Waals surface area contributed by atoms with E-state index in [1.165, 1.54) is 0 Å². The van der Waals surface area contributed by atoms with Gasteiger partial charge in [-0.25, -0.2) is 8.78 Å². The lowest BCUT2D eigenvalue weighted by atomic mass is 9.99. The second kappa shape index (κ2) is 6.73. The van der Waals surface area contributed by atoms with Crippen LogP contribution in [0.15, 0.2) is 34.8 Å². The van der Waals surface area contributed by atoms with Crippen LogP contribution in [-0.4, -0.2) is 6.61 Å². The molecule has 0 bridgehead atoms. The first-order valence-corrected chi connectivity index (χ1v) is 7.43. The molecule has 0 aliphatic rings. The highest BCUT2D eigenvalue weighted by atomic mass is 79.9. The molecule has 2 aromatic carbocycles. The molecule has 2 rings (SSSR count). The topological polar surface area (TPSA) is 35.2 Å². The Kier molecular flexibility index (Phi) is 5.19. The maximum atomic E-state index is 13.9. The molecule has 0 saturated heterocycles. The second-order valence-electron chi connectivity index (χ2n) is 4.39. The zero-order valence-corrected chi connectivity index (χ0v) is 13.5. The van der Waals surface area contributed by atoms with E-state index in [1.807, 2.05) is 6.92 Å². The van der Waals surface area contributed by atoms with Gasteiger partial charge in [0.05, 0.1) is 22.1 Å². The summed E-state index contributed by atoms with van der Waals surface area (Å²) in [6, 6.07) is 6.31. The van der Waals surface area contributed by atoms with Gasteiger partial charge < -0.3 is 10.5 Å². The summed E-state index contributed by atoms with van der Waals surface area (Å²) in [5.41, 5.74) is 6.70. The fourth-order valence-corrected chi connectivity index (χ4v) is 2.60. The summed E-state index contributed by atoms with van der Waals surface area (Å²) in [7, 11) is 0. The Balaban J connectivity index is 2.38. The van der Waals surface area contributed by atoms with E-state index in [-0.39, 0.29) is 10.6 Å². The molecular weight excluding hydrogens is 364 g/mol. The smallest absolute Gasteiger partial charge is 0.142 e. The largest absolute Gasteiger partial charge is 0.493 e. The molecule has 0 aromatic heterocycles. The SMILES string of the molecule is CCOc1ccc(C(N)c2cc(F)c(Cl)cc2F)cc1Br. The van der Waals surface area contributed by atoms with Crippen molar-refractivity contribution in [2.45, 2.75) is 13.0 Å². The van der Waals surface area contributed by atoms with Gasteiger partial charge in [-0.1, -0.05) is 17.7 Å². The number of hydrogen-bond acceptors (Lipinski definition) is 2. The van der Waals surface area contributed by atoms with Gasteiger partial charge in [0, 0.05) is 5.56 Å². The van der Waals surface area contributed by atoms with Crippen molar-refractivity contribution in [3.63, 3.8) is 0 Å². The molecule has 0 aliphatic heterocycles. The molecule has 2 nitrogen and oxygen atoms in total. The second-order valence-corrected chi connectivity index (χ2v) is 5.65. The van der Waals surface area contributed by atoms with Crippen LogP contribution in [0.5, 0.6) is 5.75 Å². The van der Waals surface area contributed by atoms with E-state index >= 15 is 0 Å². The summed E-state index contributed by atoms with van der Waals surface area (Å²) in [6.07, 6.45) is 0. The van der Waals surface area contributed by atoms with Gasteiger partial charge in [-0.15, -0.1) is 0 Å². The van der Waals surface area contributed by atoms with Crippen molar-refractivity contribution in [2.75, 3.05) is 6.61 Å². The standard InChI is InChI=1S/C15H13BrClF2NO/c1-2-21-14-4-3-8(5-10(14)16)15(20)9-6-13(19)11(17)7-12(9)18/h3-7,15H,2,20H2,1H3. The van der Waals surface area contributed by atoms with Crippen molar-refractivity contribution in [2.24, 2.45) is 5.73 Å². The Morgan fingerprint density at radius 2 is 1.95 bits per heavy atom. The molecule has 2 aromatic rings. The number of benzene rings is 2. The molecule has 0 aliphatic carbocycles. The third kappa shape index (κ3) is 3.54. The Labute approximate surface area is 135 Å². The van der Waals surface area contributed by atoms with Gasteiger partial charge in [0.1, 0.15) is 17.4 Å². The molecule has 6 heteroatoms. The fourth-order valence-electron chi connectivity index (χ4n) is 1.94. The molecule has 1 atom stereocenters. The minimum absolute atomic E-state index is 0.0490. The molecule has 0 fully saturated rings. The molecule has 0 heterocycles. The van der Waals surface area contributed by atoms with E-state index in [0.29, 0.717) is 22.4 Å². The van der Waals surface area contributed by atoms with E-state index < -0.39 is 17.7 Å². The van der Waals surface area contributed by atoms with Crippen LogP contribution in [0.2, 0.25) is 5.02 Å². The molecule has 0 saturated carbocycles. The number of hydrogen-bond donors (Lipinski definition) is 1. The van der Waals surface area contributed by atoms with Crippen LogP contribution in [-0.2, 0) is 0 Å². The Morgan fingerprint density at radius 1 is 1.24 bits per heavy atom. The van der Waals surface area contributed by atoms with Crippen molar-refractivity contribution < 1.29 is 13.5 Å². The maximum absolute atomic E-state index is 13.9. The molecule has 1 unspecified atom stereocenters. The van der Waals surface area contributed by atoms with Crippen LogP contribution in [0.1, 0.15) is 24.1 Å². The van der Waals surface area contributed by atoms with Crippen molar-refractivity contribution >= 4 is 27.5 Å². The third-order valence-corrected chi connectivity index (χ3v) is 3.90. The van der Waals surface area contributed by atoms with Crippen LogP contribution in [0.4, 0.5) is 8.78 Å². The Bertz CT molecular complexity index is 666. The summed E-state index contributed by atoms with van der Waals surface area (Å²) in [6.45, 7) is 2.40. The molecule has 0 amide bonds. The lowest BCUT2D eigenvalue weighted by Crippen LogP contribution is -2.14. The molecule has 21 heavy (non-hydrogen) atoms. The van der Waals surface area contributed by atoms with Crippen molar-refractivity contribution in [3.05, 3.63) is 62.6 Å². The first-order valence-electron chi connectivity index (χ1n) is 6.26. The molecular formula is C15H13BrClF2NO. The minimum atomic E-state index is -0.802. The van der Waals surface area contributed by atoms with Crippen LogP contribution in [0, 0.1) is 11.6 Å². The average molecular weight is 377 g/mol. The van der Waals surface area contributed by atoms with E-state index in [4.69, 9.17) is 22.1 Å². The number of ether oxygens (including phenoxy) is 1. The maximum Gasteiger partial charge on any atom is 0.142 e. The van der Waals surface area contributed by atoms with E-state index in [0.717, 1.165) is 12.1 Å². The van der Waals surface area contributed by atoms with Crippen LogP contribution in [0.25, 0.3) is 0 Å². The lowest BCUT2D eigenvalue weighted by molar-refractivity contribution is 0.338. The predicted molar refractivity (Wildman–Crippen MR) is 82.7 cm³/mol. The summed E-state index contributed by atoms with van der Waals surface area (Å²) in [5.74, 6) is -0.677. The number of halogens is 4. The fraction of sp³-hybridized carbons (Fsp3) is 0.200. The highest BCUT2D eigenvalue weighted by Gasteiger charge is 2.17. The average Bonchev–Trinajstić information content (AvgIpc) is 2.44. The molecule has 0 spiro atoms. The van der Waals surface area contributed by atoms with Crippen molar-refractivity contribution in [1.29, 1.82) is 0 Å². The summed E-state index contributed by atoms with van der Waals surface area (Å²) in [4.78, 5) is 0. The van der Waals surface area contributed by atoms with Gasteiger partial charge in [-0.3, -0.25) is 0 Å². The number of rotatable bonds is 4. The Hall–Kier alpha value is -1.17. The quantitative estimate of drug-likeness (QED) is 0.776. The van der Waals surface area contributed by atoms with Crippen LogP contribution in [0.3, 0.4) is 0 Å². The first-order chi connectivity index (χ1) is 9.93. The van der Waals surface area contributed by atoms with Gasteiger partial charge in [0.25, 0.3) is 0 Å². The van der Waals surface area contributed by atoms with Gasteiger partial charge in [-0.2, -0.15) is 0 Å². The summed E-state index contributed by atoms with van der Waals surface area (Å²) < 4.78 is 33.5. The van der Waals surface area contributed by atoms with Crippen LogP contribution >= 0.6 is 27.5 Å². The normalized spacial score (nSPS) is 12.3. The molecule has 2 N–H and O–H groups in total. The third-order valence-electron chi connectivity index (χ3n) is 2.99. The van der Waals surface area contributed by atoms with Gasteiger partial charge >= 0.3 is 0 Å². The van der Waals surface area contributed by atoms with Crippen molar-refractivity contribution in [3.8, 4) is 5.75 Å². The zero-order valence-electron chi connectivity index (χ0n) is 11.2. The zero-order chi connectivity index (χ0) is 15.6. The first kappa shape index (κ1) is 16.2. The van der Waals surface area contributed by atoms with Crippen molar-refractivity contribution in [1.82, 2.24) is 0 Å². The summed E-state index contributed by atoms with van der Waals surface area (Å²) >= 11 is 8.90. The lowest BCUT2D eigenvalue weighted by Gasteiger charge is -2.16. The predicted octanol–water partition coefficient (Wildman–Crippen LogP) is 4.83. The highest BCUT2D eigenvalue weighted by Crippen LogP contribution is 2.31. The number of nitrogens with two attached hydrogens (primary N) is 1. The van der Waals surface area contributed by atoms with E-state index in [9.17, 15) is 8.78 Å². The minimum Gasteiger partial charge on any atom is -0.493 e. The molecule has 112 valence electrons. The van der Waals surface area contributed by atoms with E-state index in [1.54, 1.807) is 18.2 Å². The summed E-state index contributed by atoms with van der Waals surface area (Å²) in [5, 5.41) is -0.267. The molecule has 0 radical (unpaired) electrons.